The van der Waals surface area contributed by atoms with E-state index >= 15 is 0 Å². The standard InChI is InChI=1S/C20H24N6O2/c1-23(2)8-10-25-13-15(14-6-4-5-7-16(14)25)19(27)21-18-12-17-20(28)24(3)9-11-26(17)22-18/h4-7,12-13H,8-11H2,1-3H3,(H,21,22,27). The molecule has 28 heavy (non-hydrogen) atoms. The molecule has 0 aliphatic carbocycles. The van der Waals surface area contributed by atoms with E-state index in [2.05, 4.69) is 19.9 Å². The van der Waals surface area contributed by atoms with Crippen molar-refractivity contribution in [2.24, 2.45) is 0 Å². The minimum Gasteiger partial charge on any atom is -0.345 e. The second-order valence-corrected chi connectivity index (χ2v) is 7.38. The van der Waals surface area contributed by atoms with Crippen LogP contribution >= 0.6 is 0 Å². The molecule has 0 radical (unpaired) electrons. The second kappa shape index (κ2) is 7.12. The van der Waals surface area contributed by atoms with E-state index in [0.29, 0.717) is 30.2 Å². The highest BCUT2D eigenvalue weighted by Gasteiger charge is 2.25. The lowest BCUT2D eigenvalue weighted by Gasteiger charge is -2.22. The fraction of sp³-hybridized carbons (Fsp3) is 0.350. The molecule has 2 amide bonds. The average molecular weight is 380 g/mol. The molecule has 0 unspecified atom stereocenters. The number of carbonyl (C=O) groups excluding carboxylic acids is 2. The van der Waals surface area contributed by atoms with Gasteiger partial charge in [-0.15, -0.1) is 0 Å². The zero-order chi connectivity index (χ0) is 19.8. The van der Waals surface area contributed by atoms with Gasteiger partial charge in [0.05, 0.1) is 12.1 Å². The molecule has 1 aromatic carbocycles. The van der Waals surface area contributed by atoms with Crippen molar-refractivity contribution < 1.29 is 9.59 Å². The molecule has 1 N–H and O–H groups in total. The maximum absolute atomic E-state index is 13.0. The molecule has 0 bridgehead atoms. The molecule has 3 heterocycles. The van der Waals surface area contributed by atoms with Crippen LogP contribution in [0.3, 0.4) is 0 Å². The van der Waals surface area contributed by atoms with Crippen molar-refractivity contribution in [1.29, 1.82) is 0 Å². The Balaban J connectivity index is 1.61. The van der Waals surface area contributed by atoms with Crippen molar-refractivity contribution in [1.82, 2.24) is 24.1 Å². The van der Waals surface area contributed by atoms with Gasteiger partial charge in [0.25, 0.3) is 11.8 Å². The smallest absolute Gasteiger partial charge is 0.272 e. The lowest BCUT2D eigenvalue weighted by molar-refractivity contribution is 0.0742. The Kier molecular flexibility index (Phi) is 4.64. The fourth-order valence-corrected chi connectivity index (χ4v) is 3.47. The van der Waals surface area contributed by atoms with E-state index in [1.54, 1.807) is 22.7 Å². The first-order valence-electron chi connectivity index (χ1n) is 9.31. The molecule has 0 saturated carbocycles. The quantitative estimate of drug-likeness (QED) is 0.732. The van der Waals surface area contributed by atoms with Crippen molar-refractivity contribution in [3.63, 3.8) is 0 Å². The van der Waals surface area contributed by atoms with Crippen LogP contribution in [0.2, 0.25) is 0 Å². The summed E-state index contributed by atoms with van der Waals surface area (Å²) in [6.07, 6.45) is 1.89. The molecule has 1 aliphatic rings. The van der Waals surface area contributed by atoms with Gasteiger partial charge >= 0.3 is 0 Å². The zero-order valence-corrected chi connectivity index (χ0v) is 16.3. The van der Waals surface area contributed by atoms with E-state index < -0.39 is 0 Å². The Morgan fingerprint density at radius 1 is 1.25 bits per heavy atom. The Hall–Kier alpha value is -3.13. The summed E-state index contributed by atoms with van der Waals surface area (Å²) in [7, 11) is 5.82. The van der Waals surface area contributed by atoms with Crippen LogP contribution in [0.4, 0.5) is 5.82 Å². The summed E-state index contributed by atoms with van der Waals surface area (Å²) >= 11 is 0. The molecule has 146 valence electrons. The zero-order valence-electron chi connectivity index (χ0n) is 16.3. The number of nitrogens with zero attached hydrogens (tertiary/aromatic N) is 5. The topological polar surface area (TPSA) is 75.4 Å². The second-order valence-electron chi connectivity index (χ2n) is 7.38. The highest BCUT2D eigenvalue weighted by Crippen LogP contribution is 2.23. The van der Waals surface area contributed by atoms with Crippen molar-refractivity contribution in [2.75, 3.05) is 39.5 Å². The molecule has 3 aromatic rings. The number of hydrogen-bond acceptors (Lipinski definition) is 4. The van der Waals surface area contributed by atoms with Crippen molar-refractivity contribution in [3.05, 3.63) is 47.8 Å². The van der Waals surface area contributed by atoms with E-state index in [-0.39, 0.29) is 11.8 Å². The van der Waals surface area contributed by atoms with Gasteiger partial charge in [-0.25, -0.2) is 0 Å². The molecule has 8 heteroatoms. The van der Waals surface area contributed by atoms with Crippen LogP contribution in [0.25, 0.3) is 10.9 Å². The molecule has 8 nitrogen and oxygen atoms in total. The SMILES string of the molecule is CN(C)CCn1cc(C(=O)Nc2cc3n(n2)CCN(C)C3=O)c2ccccc21. The number of amides is 2. The van der Waals surface area contributed by atoms with Crippen LogP contribution in [0, 0.1) is 0 Å². The van der Waals surface area contributed by atoms with Crippen LogP contribution in [-0.2, 0) is 13.1 Å². The molecule has 0 spiro atoms. The van der Waals surface area contributed by atoms with E-state index in [9.17, 15) is 9.59 Å². The lowest BCUT2D eigenvalue weighted by atomic mass is 10.1. The highest BCUT2D eigenvalue weighted by molar-refractivity contribution is 6.13. The molecular weight excluding hydrogens is 356 g/mol. The monoisotopic (exact) mass is 380 g/mol. The molecule has 1 aliphatic heterocycles. The first kappa shape index (κ1) is 18.2. The summed E-state index contributed by atoms with van der Waals surface area (Å²) in [5, 5.41) is 8.13. The average Bonchev–Trinajstić information content (AvgIpc) is 3.25. The number of anilines is 1. The van der Waals surface area contributed by atoms with Crippen LogP contribution < -0.4 is 5.32 Å². The summed E-state index contributed by atoms with van der Waals surface area (Å²) in [4.78, 5) is 29.0. The van der Waals surface area contributed by atoms with Gasteiger partial charge < -0.3 is 19.7 Å². The van der Waals surface area contributed by atoms with E-state index in [0.717, 1.165) is 24.0 Å². The minimum atomic E-state index is -0.226. The predicted molar refractivity (Wildman–Crippen MR) is 108 cm³/mol. The Morgan fingerprint density at radius 3 is 2.82 bits per heavy atom. The molecule has 0 saturated heterocycles. The first-order valence-corrected chi connectivity index (χ1v) is 9.31. The number of carbonyl (C=O) groups is 2. The van der Waals surface area contributed by atoms with E-state index in [1.807, 2.05) is 44.6 Å². The number of rotatable bonds is 5. The Labute approximate surface area is 163 Å². The molecule has 4 rings (SSSR count). The summed E-state index contributed by atoms with van der Waals surface area (Å²) in [6.45, 7) is 2.90. The number of aromatic nitrogens is 3. The molecular formula is C20H24N6O2. The van der Waals surface area contributed by atoms with E-state index in [4.69, 9.17) is 0 Å². The maximum atomic E-state index is 13.0. The predicted octanol–water partition coefficient (Wildman–Crippen LogP) is 1.74. The van der Waals surface area contributed by atoms with Crippen LogP contribution in [0.1, 0.15) is 20.8 Å². The van der Waals surface area contributed by atoms with Gasteiger partial charge in [-0.05, 0) is 20.2 Å². The van der Waals surface area contributed by atoms with Gasteiger partial charge in [0.1, 0.15) is 5.69 Å². The van der Waals surface area contributed by atoms with Crippen LogP contribution in [0.15, 0.2) is 36.5 Å². The molecule has 0 atom stereocenters. The lowest BCUT2D eigenvalue weighted by Crippen LogP contribution is -2.37. The maximum Gasteiger partial charge on any atom is 0.272 e. The van der Waals surface area contributed by atoms with Gasteiger partial charge in [-0.3, -0.25) is 14.3 Å². The number of para-hydroxylation sites is 1. The van der Waals surface area contributed by atoms with E-state index in [1.165, 1.54) is 0 Å². The number of benzene rings is 1. The van der Waals surface area contributed by atoms with Crippen molar-refractivity contribution in [2.45, 2.75) is 13.1 Å². The number of hydrogen-bond donors (Lipinski definition) is 1. The largest absolute Gasteiger partial charge is 0.345 e. The summed E-state index contributed by atoms with van der Waals surface area (Å²) in [5.74, 6) is 0.0874. The van der Waals surface area contributed by atoms with Gasteiger partial charge in [-0.1, -0.05) is 18.2 Å². The van der Waals surface area contributed by atoms with Crippen molar-refractivity contribution in [3.8, 4) is 0 Å². The van der Waals surface area contributed by atoms with Gasteiger partial charge in [0.2, 0.25) is 0 Å². The summed E-state index contributed by atoms with van der Waals surface area (Å²) in [5.41, 5.74) is 2.12. The minimum absolute atomic E-state index is 0.0838. The Bertz CT molecular complexity index is 1050. The highest BCUT2D eigenvalue weighted by atomic mass is 16.2. The normalized spacial score (nSPS) is 14.0. The third-order valence-electron chi connectivity index (χ3n) is 5.06. The number of likely N-dealkylation sites (N-methyl/N-ethyl adjacent to an activating group) is 2. The van der Waals surface area contributed by atoms with Crippen LogP contribution in [0.5, 0.6) is 0 Å². The number of fused-ring (bicyclic) bond motifs is 2. The summed E-state index contributed by atoms with van der Waals surface area (Å²) in [6, 6.07) is 9.51. The van der Waals surface area contributed by atoms with Gasteiger partial charge in [0.15, 0.2) is 5.82 Å². The first-order chi connectivity index (χ1) is 13.4. The van der Waals surface area contributed by atoms with Crippen molar-refractivity contribution >= 4 is 28.5 Å². The Morgan fingerprint density at radius 2 is 2.04 bits per heavy atom. The number of nitrogens with one attached hydrogen (secondary N) is 1. The summed E-state index contributed by atoms with van der Waals surface area (Å²) < 4.78 is 3.75. The fourth-order valence-electron chi connectivity index (χ4n) is 3.47. The van der Waals surface area contributed by atoms with Gasteiger partial charge in [0, 0.05) is 49.8 Å². The molecule has 2 aromatic heterocycles. The van der Waals surface area contributed by atoms with Crippen LogP contribution in [-0.4, -0.2) is 70.2 Å². The third kappa shape index (κ3) is 3.27. The molecule has 0 fully saturated rings. The third-order valence-corrected chi connectivity index (χ3v) is 5.06. The van der Waals surface area contributed by atoms with Gasteiger partial charge in [-0.2, -0.15) is 5.10 Å².